The summed E-state index contributed by atoms with van der Waals surface area (Å²) in [5.74, 6) is 0. The third kappa shape index (κ3) is 2.08. The van der Waals surface area contributed by atoms with Gasteiger partial charge in [-0.05, 0) is 43.7 Å². The molecule has 3 nitrogen and oxygen atoms in total. The fraction of sp³-hybridized carbons (Fsp3) is 0.200. The summed E-state index contributed by atoms with van der Waals surface area (Å²) in [5.41, 5.74) is 8.56. The quantitative estimate of drug-likeness (QED) is 0.723. The van der Waals surface area contributed by atoms with Gasteiger partial charge in [-0.15, -0.1) is 0 Å². The standard InChI is InChI=1S/C15H15N3S/c1-15(2,10-5-7-11(16)8-6-10)14-18-12-4-3-9-17-13(12)19-14/h3-9H,16H2,1-2H3. The maximum absolute atomic E-state index is 5.75. The van der Waals surface area contributed by atoms with E-state index in [2.05, 4.69) is 31.0 Å². The molecule has 3 rings (SSSR count). The van der Waals surface area contributed by atoms with Crippen molar-refractivity contribution in [2.45, 2.75) is 19.3 Å². The highest BCUT2D eigenvalue weighted by molar-refractivity contribution is 7.18. The molecular formula is C15H15N3S. The lowest BCUT2D eigenvalue weighted by Gasteiger charge is -2.22. The topological polar surface area (TPSA) is 51.8 Å². The maximum Gasteiger partial charge on any atom is 0.143 e. The van der Waals surface area contributed by atoms with Gasteiger partial charge in [0.15, 0.2) is 0 Å². The van der Waals surface area contributed by atoms with Gasteiger partial charge in [0, 0.05) is 17.3 Å². The molecule has 4 heteroatoms. The number of rotatable bonds is 2. The Balaban J connectivity index is 2.10. The van der Waals surface area contributed by atoms with Gasteiger partial charge >= 0.3 is 0 Å². The highest BCUT2D eigenvalue weighted by Gasteiger charge is 2.27. The molecule has 0 saturated carbocycles. The molecule has 0 aliphatic carbocycles. The van der Waals surface area contributed by atoms with Gasteiger partial charge in [0.2, 0.25) is 0 Å². The van der Waals surface area contributed by atoms with E-state index in [1.54, 1.807) is 17.5 Å². The number of aromatic nitrogens is 2. The van der Waals surface area contributed by atoms with E-state index in [0.29, 0.717) is 0 Å². The van der Waals surface area contributed by atoms with Crippen LogP contribution in [0, 0.1) is 0 Å². The van der Waals surface area contributed by atoms with E-state index in [1.807, 2.05) is 24.3 Å². The van der Waals surface area contributed by atoms with Crippen LogP contribution in [0.5, 0.6) is 0 Å². The second-order valence-electron chi connectivity index (χ2n) is 5.09. The lowest BCUT2D eigenvalue weighted by Crippen LogP contribution is -2.18. The highest BCUT2D eigenvalue weighted by Crippen LogP contribution is 2.35. The number of nitrogens with two attached hydrogens (primary N) is 1. The molecule has 0 bridgehead atoms. The summed E-state index contributed by atoms with van der Waals surface area (Å²) < 4.78 is 0. The molecule has 0 fully saturated rings. The SMILES string of the molecule is CC(C)(c1ccc(N)cc1)c1nc2cccnc2s1. The van der Waals surface area contributed by atoms with Crippen molar-refractivity contribution in [1.82, 2.24) is 9.97 Å². The third-order valence-electron chi connectivity index (χ3n) is 3.33. The van der Waals surface area contributed by atoms with Crippen molar-refractivity contribution in [3.05, 3.63) is 53.2 Å². The number of fused-ring (bicyclic) bond motifs is 1. The summed E-state index contributed by atoms with van der Waals surface area (Å²) in [6.07, 6.45) is 1.81. The Kier molecular flexibility index (Phi) is 2.75. The molecule has 0 unspecified atom stereocenters. The molecule has 2 heterocycles. The molecule has 0 amide bonds. The van der Waals surface area contributed by atoms with Crippen molar-refractivity contribution in [3.63, 3.8) is 0 Å². The van der Waals surface area contributed by atoms with Gasteiger partial charge in [0.05, 0.1) is 0 Å². The minimum atomic E-state index is -0.140. The average Bonchev–Trinajstić information content (AvgIpc) is 2.83. The minimum absolute atomic E-state index is 0.140. The van der Waals surface area contributed by atoms with E-state index < -0.39 is 0 Å². The number of nitrogen functional groups attached to an aromatic ring is 1. The summed E-state index contributed by atoms with van der Waals surface area (Å²) in [7, 11) is 0. The first-order valence-electron chi connectivity index (χ1n) is 6.15. The van der Waals surface area contributed by atoms with Crippen LogP contribution in [0.1, 0.15) is 24.4 Å². The van der Waals surface area contributed by atoms with Crippen molar-refractivity contribution in [3.8, 4) is 0 Å². The van der Waals surface area contributed by atoms with Crippen molar-refractivity contribution < 1.29 is 0 Å². The van der Waals surface area contributed by atoms with E-state index in [4.69, 9.17) is 10.7 Å². The third-order valence-corrected chi connectivity index (χ3v) is 4.64. The Labute approximate surface area is 116 Å². The summed E-state index contributed by atoms with van der Waals surface area (Å²) in [4.78, 5) is 10.1. The van der Waals surface area contributed by atoms with Crippen LogP contribution in [0.3, 0.4) is 0 Å². The van der Waals surface area contributed by atoms with Crippen LogP contribution in [0.15, 0.2) is 42.6 Å². The van der Waals surface area contributed by atoms with E-state index in [1.165, 1.54) is 5.56 Å². The molecule has 0 aliphatic rings. The van der Waals surface area contributed by atoms with Gasteiger partial charge in [-0.25, -0.2) is 9.97 Å². The Hall–Kier alpha value is -1.94. The van der Waals surface area contributed by atoms with Gasteiger partial charge in [0.1, 0.15) is 15.4 Å². The second-order valence-corrected chi connectivity index (χ2v) is 6.07. The molecule has 2 aromatic heterocycles. The largest absolute Gasteiger partial charge is 0.399 e. The van der Waals surface area contributed by atoms with Crippen LogP contribution in [-0.4, -0.2) is 9.97 Å². The van der Waals surface area contributed by atoms with Gasteiger partial charge in [0.25, 0.3) is 0 Å². The lowest BCUT2D eigenvalue weighted by atomic mass is 9.85. The predicted molar refractivity (Wildman–Crippen MR) is 80.4 cm³/mol. The fourth-order valence-corrected chi connectivity index (χ4v) is 3.09. The van der Waals surface area contributed by atoms with E-state index in [-0.39, 0.29) is 5.41 Å². The van der Waals surface area contributed by atoms with E-state index in [0.717, 1.165) is 21.0 Å². The fourth-order valence-electron chi connectivity index (χ4n) is 2.06. The lowest BCUT2D eigenvalue weighted by molar-refractivity contribution is 0.637. The Bertz CT molecular complexity index is 681. The van der Waals surface area contributed by atoms with Crippen LogP contribution >= 0.6 is 11.3 Å². The summed E-state index contributed by atoms with van der Waals surface area (Å²) in [5, 5.41) is 1.07. The van der Waals surface area contributed by atoms with Crippen molar-refractivity contribution in [1.29, 1.82) is 0 Å². The van der Waals surface area contributed by atoms with Crippen LogP contribution in [0.4, 0.5) is 5.69 Å². The zero-order valence-corrected chi connectivity index (χ0v) is 11.7. The number of thiazole rings is 1. The zero-order chi connectivity index (χ0) is 13.5. The van der Waals surface area contributed by atoms with Gasteiger partial charge in [-0.3, -0.25) is 0 Å². The predicted octanol–water partition coefficient (Wildman–Crippen LogP) is 3.60. The van der Waals surface area contributed by atoms with E-state index in [9.17, 15) is 0 Å². The Morgan fingerprint density at radius 1 is 1.11 bits per heavy atom. The second kappa shape index (κ2) is 4.31. The molecule has 0 atom stereocenters. The first-order chi connectivity index (χ1) is 9.07. The molecular weight excluding hydrogens is 254 g/mol. The van der Waals surface area contributed by atoms with Crippen LogP contribution in [0.2, 0.25) is 0 Å². The summed E-state index contributed by atoms with van der Waals surface area (Å²) in [6, 6.07) is 11.9. The number of pyridine rings is 1. The maximum atomic E-state index is 5.75. The molecule has 0 radical (unpaired) electrons. The summed E-state index contributed by atoms with van der Waals surface area (Å²) in [6.45, 7) is 4.35. The molecule has 19 heavy (non-hydrogen) atoms. The number of nitrogens with zero attached hydrogens (tertiary/aromatic N) is 2. The molecule has 2 N–H and O–H groups in total. The molecule has 0 spiro atoms. The molecule has 0 aliphatic heterocycles. The smallest absolute Gasteiger partial charge is 0.143 e. The molecule has 96 valence electrons. The Morgan fingerprint density at radius 3 is 2.53 bits per heavy atom. The minimum Gasteiger partial charge on any atom is -0.399 e. The van der Waals surface area contributed by atoms with Crippen LogP contribution in [-0.2, 0) is 5.41 Å². The molecule has 1 aromatic carbocycles. The molecule has 3 aromatic rings. The first-order valence-corrected chi connectivity index (χ1v) is 6.97. The average molecular weight is 269 g/mol. The van der Waals surface area contributed by atoms with Crippen molar-refractivity contribution in [2.24, 2.45) is 0 Å². The monoisotopic (exact) mass is 269 g/mol. The Morgan fingerprint density at radius 2 is 1.84 bits per heavy atom. The van der Waals surface area contributed by atoms with Gasteiger partial charge < -0.3 is 5.73 Å². The first kappa shape index (κ1) is 12.1. The van der Waals surface area contributed by atoms with Crippen molar-refractivity contribution in [2.75, 3.05) is 5.73 Å². The van der Waals surface area contributed by atoms with E-state index >= 15 is 0 Å². The summed E-state index contributed by atoms with van der Waals surface area (Å²) >= 11 is 1.65. The van der Waals surface area contributed by atoms with Crippen LogP contribution in [0.25, 0.3) is 10.3 Å². The zero-order valence-electron chi connectivity index (χ0n) is 10.9. The number of benzene rings is 1. The molecule has 0 saturated heterocycles. The van der Waals surface area contributed by atoms with Gasteiger partial charge in [-0.1, -0.05) is 23.5 Å². The van der Waals surface area contributed by atoms with Gasteiger partial charge in [-0.2, -0.15) is 0 Å². The number of hydrogen-bond acceptors (Lipinski definition) is 4. The van der Waals surface area contributed by atoms with Crippen LogP contribution < -0.4 is 5.73 Å². The number of anilines is 1. The number of hydrogen-bond donors (Lipinski definition) is 1. The normalized spacial score (nSPS) is 11.9. The van der Waals surface area contributed by atoms with Crippen molar-refractivity contribution >= 4 is 27.4 Å². The highest BCUT2D eigenvalue weighted by atomic mass is 32.1.